The summed E-state index contributed by atoms with van der Waals surface area (Å²) >= 11 is 7.88. The number of benzene rings is 2. The van der Waals surface area contributed by atoms with Crippen molar-refractivity contribution in [1.29, 1.82) is 0 Å². The topological polar surface area (TPSA) is 81.4 Å². The molecule has 0 spiro atoms. The van der Waals surface area contributed by atoms with Gasteiger partial charge in [0.15, 0.2) is 5.82 Å². The molecule has 1 atom stereocenters. The van der Waals surface area contributed by atoms with Gasteiger partial charge in [0.2, 0.25) is 5.91 Å². The van der Waals surface area contributed by atoms with Crippen LogP contribution in [0.25, 0.3) is 5.00 Å². The lowest BCUT2D eigenvalue weighted by atomic mass is 9.98. The number of carbonyl (C=O) groups excluding carboxylic acids is 1. The third-order valence-electron chi connectivity index (χ3n) is 7.44. The molecule has 2 aliphatic rings. The number of aromatic nitrogens is 3. The summed E-state index contributed by atoms with van der Waals surface area (Å²) < 4.78 is 7.55. The van der Waals surface area contributed by atoms with Crippen LogP contribution in [-0.4, -0.2) is 39.6 Å². The number of anilines is 1. The Labute approximate surface area is 248 Å². The number of thiophene rings is 1. The summed E-state index contributed by atoms with van der Waals surface area (Å²) in [5.41, 5.74) is 5.63. The van der Waals surface area contributed by atoms with Crippen molar-refractivity contribution in [2.45, 2.75) is 46.1 Å². The number of hydrogen-bond acceptors (Lipinski definition) is 6. The molecule has 2 aliphatic heterocycles. The van der Waals surface area contributed by atoms with E-state index in [-0.39, 0.29) is 12.3 Å². The zero-order valence-electron chi connectivity index (χ0n) is 23.2. The molecular formula is C32H30ClN5O2S. The van der Waals surface area contributed by atoms with Gasteiger partial charge in [0.05, 0.1) is 17.0 Å². The van der Waals surface area contributed by atoms with Crippen molar-refractivity contribution in [3.05, 3.63) is 92.3 Å². The highest BCUT2D eigenvalue weighted by molar-refractivity contribution is 7.15. The number of nitrogens with one attached hydrogen (secondary N) is 1. The van der Waals surface area contributed by atoms with Crippen LogP contribution >= 0.6 is 22.9 Å². The van der Waals surface area contributed by atoms with Crippen molar-refractivity contribution < 1.29 is 9.53 Å². The number of hydrogen-bond donors (Lipinski definition) is 1. The summed E-state index contributed by atoms with van der Waals surface area (Å²) in [5.74, 6) is 8.53. The molecule has 4 aromatic rings. The predicted molar refractivity (Wildman–Crippen MR) is 163 cm³/mol. The van der Waals surface area contributed by atoms with Crippen molar-refractivity contribution >= 4 is 40.2 Å². The van der Waals surface area contributed by atoms with E-state index >= 15 is 0 Å². The molecule has 0 radical (unpaired) electrons. The second-order valence-electron chi connectivity index (χ2n) is 10.5. The fraction of sp³-hybridized carbons (Fsp3) is 0.312. The van der Waals surface area contributed by atoms with Gasteiger partial charge in [0.1, 0.15) is 16.9 Å². The molecule has 41 heavy (non-hydrogen) atoms. The molecule has 208 valence electrons. The van der Waals surface area contributed by atoms with Crippen molar-refractivity contribution in [1.82, 2.24) is 14.8 Å². The van der Waals surface area contributed by atoms with Crippen molar-refractivity contribution in [2.24, 2.45) is 10.9 Å². The Hall–Kier alpha value is -3.77. The molecule has 1 saturated heterocycles. The zero-order valence-corrected chi connectivity index (χ0v) is 24.8. The minimum Gasteiger partial charge on any atom is -0.381 e. The van der Waals surface area contributed by atoms with E-state index in [0.29, 0.717) is 16.8 Å². The quantitative estimate of drug-likeness (QED) is 0.274. The minimum atomic E-state index is -0.539. The lowest BCUT2D eigenvalue weighted by Gasteiger charge is -2.16. The lowest BCUT2D eigenvalue weighted by molar-refractivity contribution is -0.116. The Bertz CT molecular complexity index is 1690. The van der Waals surface area contributed by atoms with E-state index in [1.54, 1.807) is 11.3 Å². The number of aryl methyl sites for hydroxylation is 2. The van der Waals surface area contributed by atoms with Gasteiger partial charge >= 0.3 is 0 Å². The number of aliphatic imine (C=N–C) groups is 1. The maximum Gasteiger partial charge on any atom is 0.227 e. The summed E-state index contributed by atoms with van der Waals surface area (Å²) in [6, 6.07) is 14.9. The first-order valence-electron chi connectivity index (χ1n) is 13.7. The number of nitrogens with zero attached hydrogens (tertiary/aromatic N) is 4. The Kier molecular flexibility index (Phi) is 7.76. The number of halogens is 1. The van der Waals surface area contributed by atoms with E-state index < -0.39 is 6.04 Å². The van der Waals surface area contributed by atoms with E-state index in [4.69, 9.17) is 21.3 Å². The van der Waals surface area contributed by atoms with Crippen LogP contribution < -0.4 is 5.32 Å². The van der Waals surface area contributed by atoms with Crippen molar-refractivity contribution in [3.8, 4) is 16.8 Å². The monoisotopic (exact) mass is 583 g/mol. The number of amides is 1. The van der Waals surface area contributed by atoms with Gasteiger partial charge in [-0.05, 0) is 63.4 Å². The average Bonchev–Trinajstić information content (AvgIpc) is 3.47. The first kappa shape index (κ1) is 27.4. The van der Waals surface area contributed by atoms with Crippen LogP contribution in [0.3, 0.4) is 0 Å². The summed E-state index contributed by atoms with van der Waals surface area (Å²) in [6.45, 7) is 7.56. The molecule has 2 aromatic carbocycles. The molecule has 1 amide bonds. The Morgan fingerprint density at radius 1 is 1.07 bits per heavy atom. The van der Waals surface area contributed by atoms with E-state index in [0.717, 1.165) is 75.4 Å². The van der Waals surface area contributed by atoms with Gasteiger partial charge in [0, 0.05) is 41.0 Å². The number of fused-ring (bicyclic) bond motifs is 3. The average molecular weight is 584 g/mol. The van der Waals surface area contributed by atoms with Gasteiger partial charge in [-0.15, -0.1) is 21.5 Å². The molecule has 6 rings (SSSR count). The summed E-state index contributed by atoms with van der Waals surface area (Å²) in [5, 5.41) is 13.6. The third kappa shape index (κ3) is 5.71. The fourth-order valence-electron chi connectivity index (χ4n) is 5.17. The molecule has 0 aliphatic carbocycles. The van der Waals surface area contributed by atoms with E-state index in [1.807, 2.05) is 66.9 Å². The molecular weight excluding hydrogens is 554 g/mol. The summed E-state index contributed by atoms with van der Waals surface area (Å²) in [4.78, 5) is 19.5. The molecule has 9 heteroatoms. The first-order valence-corrected chi connectivity index (χ1v) is 14.9. The Balaban J connectivity index is 1.44. The van der Waals surface area contributed by atoms with E-state index in [2.05, 4.69) is 34.3 Å². The van der Waals surface area contributed by atoms with Gasteiger partial charge in [0.25, 0.3) is 0 Å². The van der Waals surface area contributed by atoms with E-state index in [9.17, 15) is 4.79 Å². The largest absolute Gasteiger partial charge is 0.381 e. The molecule has 7 nitrogen and oxygen atoms in total. The first-order chi connectivity index (χ1) is 19.9. The van der Waals surface area contributed by atoms with Gasteiger partial charge in [-0.25, -0.2) is 0 Å². The van der Waals surface area contributed by atoms with E-state index in [1.165, 1.54) is 0 Å². The van der Waals surface area contributed by atoms with Crippen LogP contribution in [0.4, 0.5) is 5.69 Å². The third-order valence-corrected chi connectivity index (χ3v) is 8.89. The maximum absolute atomic E-state index is 13.3. The van der Waals surface area contributed by atoms with Crippen LogP contribution in [0.5, 0.6) is 0 Å². The van der Waals surface area contributed by atoms with Crippen molar-refractivity contribution in [3.63, 3.8) is 0 Å². The SMILES string of the molecule is Cc1ccc(NC(=O)C[C@@H]2N=C(c3ccc(Cl)cc3)c3c(sc(C#CC4CCOCC4)c3C)-n3c(C)nnc32)cc1. The van der Waals surface area contributed by atoms with Crippen LogP contribution in [0.2, 0.25) is 5.02 Å². The van der Waals surface area contributed by atoms with Crippen molar-refractivity contribution in [2.75, 3.05) is 18.5 Å². The number of carbonyl (C=O) groups is 1. The van der Waals surface area contributed by atoms with Crippen LogP contribution in [0, 0.1) is 38.5 Å². The molecule has 1 N–H and O–H groups in total. The smallest absolute Gasteiger partial charge is 0.227 e. The summed E-state index contributed by atoms with van der Waals surface area (Å²) in [6.07, 6.45) is 2.03. The molecule has 2 aromatic heterocycles. The normalized spacial score (nSPS) is 16.6. The molecule has 0 saturated carbocycles. The second-order valence-corrected chi connectivity index (χ2v) is 11.9. The number of rotatable bonds is 4. The maximum atomic E-state index is 13.3. The second kappa shape index (κ2) is 11.6. The molecule has 0 bridgehead atoms. The molecule has 4 heterocycles. The Morgan fingerprint density at radius 3 is 2.54 bits per heavy atom. The van der Waals surface area contributed by atoms with Crippen LogP contribution in [-0.2, 0) is 9.53 Å². The van der Waals surface area contributed by atoms with Gasteiger partial charge in [-0.3, -0.25) is 14.4 Å². The van der Waals surface area contributed by atoms with Gasteiger partial charge in [-0.1, -0.05) is 53.3 Å². The standard InChI is InChI=1S/C32H30ClN5O2S/c1-19-4-11-25(12-5-19)34-28(39)18-26-31-37-36-21(3)38(31)32-29(30(35-26)23-7-9-24(33)10-8-23)20(2)27(41-32)13-6-22-14-16-40-17-15-22/h4-5,7-12,22,26H,14-18H2,1-3H3,(H,34,39)/t26-/m0/s1. The highest BCUT2D eigenvalue weighted by atomic mass is 35.5. The van der Waals surface area contributed by atoms with Crippen LogP contribution in [0.15, 0.2) is 53.5 Å². The molecule has 1 fully saturated rings. The highest BCUT2D eigenvalue weighted by Gasteiger charge is 2.33. The molecule has 0 unspecified atom stereocenters. The lowest BCUT2D eigenvalue weighted by Crippen LogP contribution is -2.17. The van der Waals surface area contributed by atoms with Gasteiger partial charge < -0.3 is 10.1 Å². The highest BCUT2D eigenvalue weighted by Crippen LogP contribution is 2.40. The predicted octanol–water partition coefficient (Wildman–Crippen LogP) is 6.61. The Morgan fingerprint density at radius 2 is 1.80 bits per heavy atom. The van der Waals surface area contributed by atoms with Crippen LogP contribution in [0.1, 0.15) is 64.1 Å². The number of ether oxygens (including phenoxy) is 1. The summed E-state index contributed by atoms with van der Waals surface area (Å²) in [7, 11) is 0. The van der Waals surface area contributed by atoms with Gasteiger partial charge in [-0.2, -0.15) is 0 Å². The minimum absolute atomic E-state index is 0.119. The fourth-order valence-corrected chi connectivity index (χ4v) is 6.53. The zero-order chi connectivity index (χ0) is 28.5.